The second-order valence-electron chi connectivity index (χ2n) is 12.9. The maximum atomic E-state index is 12.7. The molecule has 0 radical (unpaired) electrons. The summed E-state index contributed by atoms with van der Waals surface area (Å²) in [4.78, 5) is 25.2. The van der Waals surface area contributed by atoms with Gasteiger partial charge in [0.15, 0.2) is 0 Å². The third-order valence-electron chi connectivity index (χ3n) is 9.65. The number of ether oxygens (including phenoxy) is 2. The van der Waals surface area contributed by atoms with Crippen LogP contribution in [-0.4, -0.2) is 11.9 Å². The molecule has 2 aliphatic carbocycles. The number of carbonyl (C=O) groups is 2. The number of hydrogen-bond donors (Lipinski definition) is 0. The minimum Gasteiger partial charge on any atom is -0.427 e. The minimum atomic E-state index is -0.581. The van der Waals surface area contributed by atoms with Crippen molar-refractivity contribution in [3.8, 4) is 11.5 Å². The summed E-state index contributed by atoms with van der Waals surface area (Å²) in [5, 5.41) is 0. The summed E-state index contributed by atoms with van der Waals surface area (Å²) in [6.07, 6.45) is 18.3. The normalized spacial score (nSPS) is 23.5. The number of unbranched alkanes of at least 4 members (excludes halogenated alkanes) is 2. The quantitative estimate of drug-likeness (QED) is 0.181. The van der Waals surface area contributed by atoms with Gasteiger partial charge in [0.05, 0.1) is 12.3 Å². The van der Waals surface area contributed by atoms with Crippen molar-refractivity contribution in [2.24, 2.45) is 17.8 Å². The first-order chi connectivity index (χ1) is 19.9. The van der Waals surface area contributed by atoms with E-state index in [0.717, 1.165) is 11.8 Å². The topological polar surface area (TPSA) is 52.6 Å². The molecular formula is C37H52O4. The van der Waals surface area contributed by atoms with Gasteiger partial charge in [0.2, 0.25) is 0 Å². The van der Waals surface area contributed by atoms with Crippen LogP contribution in [0.3, 0.4) is 0 Å². The summed E-state index contributed by atoms with van der Waals surface area (Å²) in [5.41, 5.74) is 2.67. The lowest BCUT2D eigenvalue weighted by molar-refractivity contribution is -0.144. The highest BCUT2D eigenvalue weighted by molar-refractivity contribution is 5.82. The molecule has 0 N–H and O–H groups in total. The van der Waals surface area contributed by atoms with Crippen molar-refractivity contribution in [2.45, 2.75) is 129 Å². The summed E-state index contributed by atoms with van der Waals surface area (Å²) in [6, 6.07) is 15.9. The first-order valence-corrected chi connectivity index (χ1v) is 16.6. The zero-order chi connectivity index (χ0) is 29.0. The molecule has 0 bridgehead atoms. The van der Waals surface area contributed by atoms with Gasteiger partial charge in [-0.05, 0) is 110 Å². The number of benzene rings is 2. The van der Waals surface area contributed by atoms with Crippen molar-refractivity contribution in [3.05, 3.63) is 59.7 Å². The molecule has 0 aliphatic heterocycles. The first kappa shape index (κ1) is 31.3. The van der Waals surface area contributed by atoms with E-state index in [9.17, 15) is 9.59 Å². The highest BCUT2D eigenvalue weighted by Crippen LogP contribution is 2.39. The molecule has 41 heavy (non-hydrogen) atoms. The Bertz CT molecular complexity index is 1060. The zero-order valence-corrected chi connectivity index (χ0v) is 25.7. The van der Waals surface area contributed by atoms with Gasteiger partial charge in [-0.2, -0.15) is 0 Å². The molecule has 2 fully saturated rings. The molecule has 0 saturated heterocycles. The van der Waals surface area contributed by atoms with E-state index in [2.05, 4.69) is 38.1 Å². The Labute approximate surface area is 248 Å². The Balaban J connectivity index is 1.17. The molecule has 224 valence electrons. The number of rotatable bonds is 13. The second kappa shape index (κ2) is 16.1. The lowest BCUT2D eigenvalue weighted by Crippen LogP contribution is -2.23. The van der Waals surface area contributed by atoms with Gasteiger partial charge in [-0.15, -0.1) is 0 Å². The fraction of sp³-hybridized carbons (Fsp3) is 0.622. The summed E-state index contributed by atoms with van der Waals surface area (Å²) in [7, 11) is 0. The van der Waals surface area contributed by atoms with Crippen LogP contribution in [0.2, 0.25) is 0 Å². The monoisotopic (exact) mass is 560 g/mol. The first-order valence-electron chi connectivity index (χ1n) is 16.6. The molecule has 2 aromatic carbocycles. The Kier molecular flexibility index (Phi) is 12.3. The van der Waals surface area contributed by atoms with Crippen molar-refractivity contribution in [1.82, 2.24) is 0 Å². The fourth-order valence-electron chi connectivity index (χ4n) is 6.89. The van der Waals surface area contributed by atoms with Gasteiger partial charge in [0.1, 0.15) is 11.5 Å². The highest BCUT2D eigenvalue weighted by Gasteiger charge is 2.24. The predicted octanol–water partition coefficient (Wildman–Crippen LogP) is 10.2. The molecular weight excluding hydrogens is 508 g/mol. The molecule has 1 unspecified atom stereocenters. The van der Waals surface area contributed by atoms with Crippen LogP contribution in [0, 0.1) is 17.8 Å². The van der Waals surface area contributed by atoms with E-state index in [1.807, 2.05) is 24.3 Å². The third-order valence-corrected chi connectivity index (χ3v) is 9.65. The Hall–Kier alpha value is -2.62. The predicted molar refractivity (Wildman–Crippen MR) is 166 cm³/mol. The lowest BCUT2D eigenvalue weighted by atomic mass is 9.77. The van der Waals surface area contributed by atoms with Gasteiger partial charge >= 0.3 is 11.9 Å². The van der Waals surface area contributed by atoms with E-state index in [0.29, 0.717) is 23.3 Å². The van der Waals surface area contributed by atoms with Crippen LogP contribution < -0.4 is 9.47 Å². The molecule has 2 aromatic rings. The van der Waals surface area contributed by atoms with E-state index in [4.69, 9.17) is 9.47 Å². The number of esters is 2. The minimum absolute atomic E-state index is 0.0122. The highest BCUT2D eigenvalue weighted by atomic mass is 16.5. The summed E-state index contributed by atoms with van der Waals surface area (Å²) >= 11 is 0. The van der Waals surface area contributed by atoms with Crippen LogP contribution in [0.25, 0.3) is 0 Å². The van der Waals surface area contributed by atoms with Crippen LogP contribution in [-0.2, 0) is 9.59 Å². The molecule has 4 rings (SSSR count). The molecule has 0 amide bonds. The van der Waals surface area contributed by atoms with Gasteiger partial charge in [-0.1, -0.05) is 83.6 Å². The van der Waals surface area contributed by atoms with Gasteiger partial charge in [0.25, 0.3) is 0 Å². The Morgan fingerprint density at radius 3 is 1.49 bits per heavy atom. The van der Waals surface area contributed by atoms with Crippen molar-refractivity contribution in [3.63, 3.8) is 0 Å². The van der Waals surface area contributed by atoms with Gasteiger partial charge < -0.3 is 9.47 Å². The molecule has 0 heterocycles. The van der Waals surface area contributed by atoms with Crippen LogP contribution in [0.15, 0.2) is 48.5 Å². The van der Waals surface area contributed by atoms with Crippen molar-refractivity contribution in [2.75, 3.05) is 0 Å². The maximum Gasteiger partial charge on any atom is 0.314 e. The average molecular weight is 561 g/mol. The SMILES string of the molecule is CCCCC1CCC(c2ccc(OC(=O)CC(C)C(=O)Oc3ccc(C4CCC(CCCC)CC4)cc3)cc2)CC1. The largest absolute Gasteiger partial charge is 0.427 e. The molecule has 0 spiro atoms. The van der Waals surface area contributed by atoms with Gasteiger partial charge in [0, 0.05) is 0 Å². The van der Waals surface area contributed by atoms with Crippen LogP contribution in [0.1, 0.15) is 140 Å². The Morgan fingerprint density at radius 2 is 1.07 bits per heavy atom. The summed E-state index contributed by atoms with van der Waals surface area (Å²) in [5.74, 6) is 2.66. The third kappa shape index (κ3) is 9.72. The van der Waals surface area contributed by atoms with Crippen LogP contribution >= 0.6 is 0 Å². The molecule has 0 aromatic heterocycles. The average Bonchev–Trinajstić information content (AvgIpc) is 3.00. The summed E-state index contributed by atoms with van der Waals surface area (Å²) in [6.45, 7) is 6.26. The van der Waals surface area contributed by atoms with Gasteiger partial charge in [-0.3, -0.25) is 9.59 Å². The fourth-order valence-corrected chi connectivity index (χ4v) is 6.89. The Morgan fingerprint density at radius 1 is 0.659 bits per heavy atom. The van der Waals surface area contributed by atoms with E-state index < -0.39 is 17.9 Å². The lowest BCUT2D eigenvalue weighted by Gasteiger charge is -2.29. The standard InChI is InChI=1S/C37H52O4/c1-4-6-8-28-10-14-30(15-11-28)32-18-22-34(23-19-32)40-36(38)26-27(3)37(39)41-35-24-20-33(21-25-35)31-16-12-29(13-17-31)9-7-5-2/h18-25,27-31H,4-17,26H2,1-3H3. The zero-order valence-electron chi connectivity index (χ0n) is 25.7. The van der Waals surface area contributed by atoms with Crippen molar-refractivity contribution < 1.29 is 19.1 Å². The molecule has 2 aliphatic rings. The second-order valence-corrected chi connectivity index (χ2v) is 12.9. The molecule has 1 atom stereocenters. The number of hydrogen-bond acceptors (Lipinski definition) is 4. The van der Waals surface area contributed by atoms with Crippen LogP contribution in [0.4, 0.5) is 0 Å². The van der Waals surface area contributed by atoms with Crippen LogP contribution in [0.5, 0.6) is 11.5 Å². The van der Waals surface area contributed by atoms with E-state index in [-0.39, 0.29) is 6.42 Å². The molecule has 2 saturated carbocycles. The maximum absolute atomic E-state index is 12.7. The molecule has 4 nitrogen and oxygen atoms in total. The summed E-state index contributed by atoms with van der Waals surface area (Å²) < 4.78 is 11.2. The van der Waals surface area contributed by atoms with Crippen molar-refractivity contribution in [1.29, 1.82) is 0 Å². The van der Waals surface area contributed by atoms with E-state index >= 15 is 0 Å². The van der Waals surface area contributed by atoms with Gasteiger partial charge in [-0.25, -0.2) is 0 Å². The smallest absolute Gasteiger partial charge is 0.314 e. The number of carbonyl (C=O) groups excluding carboxylic acids is 2. The molecule has 4 heteroatoms. The van der Waals surface area contributed by atoms with E-state index in [1.165, 1.54) is 101 Å². The van der Waals surface area contributed by atoms with E-state index in [1.54, 1.807) is 6.92 Å². The van der Waals surface area contributed by atoms with Crippen molar-refractivity contribution >= 4 is 11.9 Å².